The molecule has 1 amide bonds. The number of amides is 1. The van der Waals surface area contributed by atoms with Crippen LogP contribution in [0.1, 0.15) is 19.8 Å². The summed E-state index contributed by atoms with van der Waals surface area (Å²) in [6.45, 7) is 5.55. The van der Waals surface area contributed by atoms with Gasteiger partial charge >= 0.3 is 0 Å². The number of carbonyl (C=O) groups is 1. The highest BCUT2D eigenvalue weighted by Crippen LogP contribution is 2.11. The lowest BCUT2D eigenvalue weighted by Crippen LogP contribution is -2.39. The quantitative estimate of drug-likeness (QED) is 0.645. The van der Waals surface area contributed by atoms with E-state index in [2.05, 4.69) is 4.90 Å². The Morgan fingerprint density at radius 2 is 2.08 bits per heavy atom. The van der Waals surface area contributed by atoms with E-state index < -0.39 is 0 Å². The molecular weight excluding hydrogens is 164 g/mol. The van der Waals surface area contributed by atoms with Crippen molar-refractivity contribution in [1.82, 2.24) is 9.80 Å². The van der Waals surface area contributed by atoms with Crippen LogP contribution in [0.4, 0.5) is 0 Å². The molecule has 1 atom stereocenters. The summed E-state index contributed by atoms with van der Waals surface area (Å²) < 4.78 is 0. The molecule has 1 saturated heterocycles. The van der Waals surface area contributed by atoms with E-state index in [-0.39, 0.29) is 11.8 Å². The van der Waals surface area contributed by atoms with Crippen molar-refractivity contribution in [3.05, 3.63) is 0 Å². The maximum atomic E-state index is 11.5. The molecule has 1 aliphatic rings. The fourth-order valence-corrected chi connectivity index (χ4v) is 1.55. The van der Waals surface area contributed by atoms with Crippen LogP contribution in [-0.4, -0.2) is 49.4 Å². The third-order valence-electron chi connectivity index (χ3n) is 2.69. The Morgan fingerprint density at radius 1 is 1.46 bits per heavy atom. The Hall–Kier alpha value is -0.570. The van der Waals surface area contributed by atoms with E-state index in [4.69, 9.17) is 0 Å². The lowest BCUT2D eigenvalue weighted by molar-refractivity contribution is -0.132. The Kier molecular flexibility index (Phi) is 3.72. The average Bonchev–Trinajstić information content (AvgIpc) is 1.99. The smallest absolute Gasteiger partial charge is 0.224 e. The van der Waals surface area contributed by atoms with Crippen molar-refractivity contribution in [3.8, 4) is 0 Å². The highest BCUT2D eigenvalue weighted by Gasteiger charge is 2.18. The summed E-state index contributed by atoms with van der Waals surface area (Å²) in [5.41, 5.74) is 0. The van der Waals surface area contributed by atoms with E-state index in [1.807, 2.05) is 21.0 Å². The second kappa shape index (κ2) is 4.61. The zero-order valence-electron chi connectivity index (χ0n) is 8.92. The number of likely N-dealkylation sites (tertiary alicyclic amines) is 1. The third-order valence-corrected chi connectivity index (χ3v) is 2.69. The van der Waals surface area contributed by atoms with Gasteiger partial charge in [-0.1, -0.05) is 6.92 Å². The van der Waals surface area contributed by atoms with Gasteiger partial charge < -0.3 is 9.80 Å². The van der Waals surface area contributed by atoms with Crippen molar-refractivity contribution in [1.29, 1.82) is 0 Å². The van der Waals surface area contributed by atoms with Crippen molar-refractivity contribution >= 4 is 5.91 Å². The fraction of sp³-hybridized carbons (Fsp3) is 0.900. The maximum Gasteiger partial charge on any atom is 0.224 e. The van der Waals surface area contributed by atoms with E-state index in [0.717, 1.165) is 13.0 Å². The van der Waals surface area contributed by atoms with Crippen molar-refractivity contribution in [3.63, 3.8) is 0 Å². The molecule has 0 aromatic heterocycles. The number of rotatable bonds is 4. The number of carbonyl (C=O) groups excluding carboxylic acids is 1. The molecular formula is C10H20N2O. The molecule has 76 valence electrons. The molecule has 0 aromatic carbocycles. The number of nitrogens with zero attached hydrogens (tertiary/aromatic N) is 2. The highest BCUT2D eigenvalue weighted by atomic mass is 16.2. The molecule has 1 fully saturated rings. The first-order valence-electron chi connectivity index (χ1n) is 5.05. The van der Waals surface area contributed by atoms with E-state index in [0.29, 0.717) is 0 Å². The van der Waals surface area contributed by atoms with Crippen molar-refractivity contribution in [2.45, 2.75) is 19.8 Å². The minimum absolute atomic E-state index is 0.176. The zero-order valence-corrected chi connectivity index (χ0v) is 8.92. The fourth-order valence-electron chi connectivity index (χ4n) is 1.55. The van der Waals surface area contributed by atoms with Crippen LogP contribution in [0.3, 0.4) is 0 Å². The molecule has 1 unspecified atom stereocenters. The van der Waals surface area contributed by atoms with Gasteiger partial charge in [-0.3, -0.25) is 4.79 Å². The largest absolute Gasteiger partial charge is 0.349 e. The van der Waals surface area contributed by atoms with Crippen LogP contribution in [0.2, 0.25) is 0 Å². The molecule has 0 spiro atoms. The van der Waals surface area contributed by atoms with Crippen LogP contribution < -0.4 is 0 Å². The van der Waals surface area contributed by atoms with Gasteiger partial charge in [-0.15, -0.1) is 0 Å². The second-order valence-electron chi connectivity index (χ2n) is 4.12. The summed E-state index contributed by atoms with van der Waals surface area (Å²) in [5.74, 6) is 0.427. The van der Waals surface area contributed by atoms with Gasteiger partial charge in [0.2, 0.25) is 5.91 Å². The van der Waals surface area contributed by atoms with Crippen LogP contribution in [0.5, 0.6) is 0 Å². The van der Waals surface area contributed by atoms with Gasteiger partial charge in [0, 0.05) is 20.0 Å². The molecule has 1 heterocycles. The Bertz CT molecular complexity index is 176. The summed E-state index contributed by atoms with van der Waals surface area (Å²) >= 11 is 0. The lowest BCUT2D eigenvalue weighted by atomic mass is 10.1. The summed E-state index contributed by atoms with van der Waals surface area (Å²) in [6, 6.07) is 0. The standard InChI is InChI=1S/C10H20N2O/c1-9(10(13)11(2)3)5-8-12-6-4-7-12/h9H,4-8H2,1-3H3. The first kappa shape index (κ1) is 10.5. The van der Waals surface area contributed by atoms with Gasteiger partial charge in [0.1, 0.15) is 0 Å². The summed E-state index contributed by atoms with van der Waals surface area (Å²) in [5, 5.41) is 0. The number of hydrogen-bond donors (Lipinski definition) is 0. The van der Waals surface area contributed by atoms with Crippen LogP contribution >= 0.6 is 0 Å². The Labute approximate surface area is 80.7 Å². The molecule has 0 saturated carbocycles. The van der Waals surface area contributed by atoms with E-state index >= 15 is 0 Å². The first-order chi connectivity index (χ1) is 6.11. The van der Waals surface area contributed by atoms with Crippen molar-refractivity contribution in [2.75, 3.05) is 33.7 Å². The van der Waals surface area contributed by atoms with Crippen LogP contribution in [0.15, 0.2) is 0 Å². The van der Waals surface area contributed by atoms with Gasteiger partial charge in [-0.2, -0.15) is 0 Å². The minimum Gasteiger partial charge on any atom is -0.349 e. The summed E-state index contributed by atoms with van der Waals surface area (Å²) in [6.07, 6.45) is 2.33. The van der Waals surface area contributed by atoms with E-state index in [9.17, 15) is 4.79 Å². The van der Waals surface area contributed by atoms with Gasteiger partial charge in [-0.25, -0.2) is 0 Å². The summed E-state index contributed by atoms with van der Waals surface area (Å²) in [4.78, 5) is 15.6. The normalized spacial score (nSPS) is 19.3. The first-order valence-corrected chi connectivity index (χ1v) is 5.05. The molecule has 0 bridgehead atoms. The van der Waals surface area contributed by atoms with E-state index in [1.54, 1.807) is 4.90 Å². The molecule has 1 aliphatic heterocycles. The monoisotopic (exact) mass is 184 g/mol. The van der Waals surface area contributed by atoms with Crippen LogP contribution in [0.25, 0.3) is 0 Å². The SMILES string of the molecule is CC(CCN1CCC1)C(=O)N(C)C. The summed E-state index contributed by atoms with van der Waals surface area (Å²) in [7, 11) is 3.64. The molecule has 3 heteroatoms. The lowest BCUT2D eigenvalue weighted by Gasteiger charge is -2.31. The minimum atomic E-state index is 0.176. The Morgan fingerprint density at radius 3 is 2.46 bits per heavy atom. The number of hydrogen-bond acceptors (Lipinski definition) is 2. The molecule has 0 aliphatic carbocycles. The molecule has 1 rings (SSSR count). The second-order valence-corrected chi connectivity index (χ2v) is 4.12. The van der Waals surface area contributed by atoms with Crippen molar-refractivity contribution < 1.29 is 4.79 Å². The van der Waals surface area contributed by atoms with Crippen LogP contribution in [-0.2, 0) is 4.79 Å². The molecule has 0 radical (unpaired) electrons. The maximum absolute atomic E-state index is 11.5. The van der Waals surface area contributed by atoms with Gasteiger partial charge in [0.25, 0.3) is 0 Å². The average molecular weight is 184 g/mol. The third kappa shape index (κ3) is 2.99. The van der Waals surface area contributed by atoms with Gasteiger partial charge in [-0.05, 0) is 32.5 Å². The molecule has 0 aromatic rings. The topological polar surface area (TPSA) is 23.6 Å². The van der Waals surface area contributed by atoms with E-state index in [1.165, 1.54) is 19.5 Å². The predicted molar refractivity (Wildman–Crippen MR) is 53.5 cm³/mol. The highest BCUT2D eigenvalue weighted by molar-refractivity contribution is 5.77. The molecule has 0 N–H and O–H groups in total. The predicted octanol–water partition coefficient (Wildman–Crippen LogP) is 0.806. The van der Waals surface area contributed by atoms with Gasteiger partial charge in [0.05, 0.1) is 0 Å². The molecule has 3 nitrogen and oxygen atoms in total. The molecule has 13 heavy (non-hydrogen) atoms. The van der Waals surface area contributed by atoms with Crippen LogP contribution in [0, 0.1) is 5.92 Å². The van der Waals surface area contributed by atoms with Crippen molar-refractivity contribution in [2.24, 2.45) is 5.92 Å². The zero-order chi connectivity index (χ0) is 9.84. The van der Waals surface area contributed by atoms with Gasteiger partial charge in [0.15, 0.2) is 0 Å². The Balaban J connectivity index is 2.15.